The van der Waals surface area contributed by atoms with Crippen LogP contribution in [-0.2, 0) is 14.9 Å². The molecule has 6 rings (SSSR count). The van der Waals surface area contributed by atoms with Gasteiger partial charge in [0.1, 0.15) is 5.60 Å². The Hall–Kier alpha value is -3.68. The summed E-state index contributed by atoms with van der Waals surface area (Å²) in [6, 6.07) is 13.9. The third-order valence-electron chi connectivity index (χ3n) is 7.60. The van der Waals surface area contributed by atoms with Crippen molar-refractivity contribution < 1.29 is 23.8 Å². The maximum absolute atomic E-state index is 13.3. The Morgan fingerprint density at radius 1 is 1.03 bits per heavy atom. The lowest BCUT2D eigenvalue weighted by Crippen LogP contribution is -2.41. The summed E-state index contributed by atoms with van der Waals surface area (Å²) in [5.74, 6) is 1.79. The minimum atomic E-state index is -0.513. The lowest BCUT2D eigenvalue weighted by molar-refractivity contribution is -0.118. The molecule has 194 valence electrons. The lowest BCUT2D eigenvalue weighted by atomic mass is 9.93. The van der Waals surface area contributed by atoms with E-state index >= 15 is 0 Å². The predicted molar refractivity (Wildman–Crippen MR) is 140 cm³/mol. The highest BCUT2D eigenvalue weighted by atomic mass is 16.7. The fraction of sp³-hybridized carbons (Fsp3) is 0.448. The van der Waals surface area contributed by atoms with Gasteiger partial charge in [-0.05, 0) is 88.4 Å². The molecule has 3 aliphatic rings. The van der Waals surface area contributed by atoms with Gasteiger partial charge in [0.15, 0.2) is 11.5 Å². The summed E-state index contributed by atoms with van der Waals surface area (Å²) in [7, 11) is 0. The second-order valence-electron chi connectivity index (χ2n) is 11.4. The highest BCUT2D eigenvalue weighted by Gasteiger charge is 2.51. The van der Waals surface area contributed by atoms with Gasteiger partial charge in [-0.3, -0.25) is 4.79 Å². The van der Waals surface area contributed by atoms with Crippen LogP contribution < -0.4 is 14.8 Å². The van der Waals surface area contributed by atoms with Crippen LogP contribution in [0, 0.1) is 0 Å². The van der Waals surface area contributed by atoms with E-state index in [1.54, 1.807) is 4.90 Å². The zero-order valence-corrected chi connectivity index (χ0v) is 21.6. The molecule has 0 radical (unpaired) electrons. The van der Waals surface area contributed by atoms with Crippen molar-refractivity contribution in [2.24, 2.45) is 0 Å². The van der Waals surface area contributed by atoms with E-state index in [4.69, 9.17) is 14.2 Å². The van der Waals surface area contributed by atoms with Gasteiger partial charge in [-0.2, -0.15) is 0 Å². The molecule has 1 aromatic heterocycles. The molecular weight excluding hydrogens is 470 g/mol. The summed E-state index contributed by atoms with van der Waals surface area (Å²) in [4.78, 5) is 31.1. The van der Waals surface area contributed by atoms with E-state index in [-0.39, 0.29) is 18.8 Å². The largest absolute Gasteiger partial charge is 0.454 e. The number of nitrogens with zero attached hydrogens (tertiary/aromatic N) is 1. The Bertz CT molecular complexity index is 1360. The zero-order chi connectivity index (χ0) is 25.8. The van der Waals surface area contributed by atoms with Gasteiger partial charge in [0, 0.05) is 41.3 Å². The van der Waals surface area contributed by atoms with E-state index in [2.05, 4.69) is 16.4 Å². The first-order valence-corrected chi connectivity index (χ1v) is 13.0. The Kier molecular flexibility index (Phi) is 5.58. The standard InChI is InChI=1S/C29H33N3O5/c1-28(2,3)37-27(34)32-12-8-18(9-13-32)23-15-19-14-21(5-6-22(19)31-23)30-26(33)29(10-11-29)20-4-7-24-25(16-20)36-17-35-24/h4-7,14-16,18,31H,8-13,17H2,1-3H3,(H,30,33). The maximum Gasteiger partial charge on any atom is 0.410 e. The molecule has 8 heteroatoms. The van der Waals surface area contributed by atoms with Crippen molar-refractivity contribution in [3.8, 4) is 11.5 Å². The van der Waals surface area contributed by atoms with Crippen molar-refractivity contribution in [2.75, 3.05) is 25.2 Å². The summed E-state index contributed by atoms with van der Waals surface area (Å²) in [6.07, 6.45) is 3.16. The van der Waals surface area contributed by atoms with Crippen LogP contribution in [-0.4, -0.2) is 47.4 Å². The van der Waals surface area contributed by atoms with Crippen LogP contribution >= 0.6 is 0 Å². The molecule has 2 amide bonds. The van der Waals surface area contributed by atoms with Gasteiger partial charge >= 0.3 is 6.09 Å². The SMILES string of the molecule is CC(C)(C)OC(=O)N1CCC(c2cc3cc(NC(=O)C4(c5ccc6c(c5)OCO6)CC4)ccc3[nH]2)CC1. The molecule has 2 aliphatic heterocycles. The molecule has 1 saturated carbocycles. The van der Waals surface area contributed by atoms with Crippen LogP contribution in [0.4, 0.5) is 10.5 Å². The van der Waals surface area contributed by atoms with Crippen LogP contribution in [0.2, 0.25) is 0 Å². The molecule has 2 N–H and O–H groups in total. The highest BCUT2D eigenvalue weighted by Crippen LogP contribution is 2.51. The molecule has 8 nitrogen and oxygen atoms in total. The average Bonchev–Trinajstić information content (AvgIpc) is 3.35. The number of aromatic amines is 1. The molecule has 37 heavy (non-hydrogen) atoms. The number of H-pyrrole nitrogens is 1. The van der Waals surface area contributed by atoms with Gasteiger partial charge in [-0.25, -0.2) is 4.79 Å². The van der Waals surface area contributed by atoms with Crippen LogP contribution in [0.25, 0.3) is 10.9 Å². The van der Waals surface area contributed by atoms with Crippen molar-refractivity contribution in [3.63, 3.8) is 0 Å². The Morgan fingerprint density at radius 2 is 1.78 bits per heavy atom. The van der Waals surface area contributed by atoms with Crippen molar-refractivity contribution >= 4 is 28.6 Å². The Morgan fingerprint density at radius 3 is 2.51 bits per heavy atom. The van der Waals surface area contributed by atoms with Crippen LogP contribution in [0.5, 0.6) is 11.5 Å². The molecule has 3 aromatic rings. The summed E-state index contributed by atoms with van der Waals surface area (Å²) >= 11 is 0. The van der Waals surface area contributed by atoms with Crippen LogP contribution in [0.15, 0.2) is 42.5 Å². The first-order valence-electron chi connectivity index (χ1n) is 13.0. The van der Waals surface area contributed by atoms with Gasteiger partial charge in [0.25, 0.3) is 0 Å². The molecule has 0 unspecified atom stereocenters. The third-order valence-corrected chi connectivity index (χ3v) is 7.60. The molecule has 2 fully saturated rings. The number of benzene rings is 2. The topological polar surface area (TPSA) is 92.9 Å². The quantitative estimate of drug-likeness (QED) is 0.478. The lowest BCUT2D eigenvalue weighted by Gasteiger charge is -2.33. The number of hydrogen-bond donors (Lipinski definition) is 2. The normalized spacial score (nSPS) is 18.6. The molecule has 1 aliphatic carbocycles. The summed E-state index contributed by atoms with van der Waals surface area (Å²) < 4.78 is 16.4. The summed E-state index contributed by atoms with van der Waals surface area (Å²) in [5, 5.41) is 4.21. The number of carbonyl (C=O) groups excluding carboxylic acids is 2. The van der Waals surface area contributed by atoms with E-state index in [9.17, 15) is 9.59 Å². The Labute approximate surface area is 216 Å². The summed E-state index contributed by atoms with van der Waals surface area (Å²) in [6.45, 7) is 7.25. The minimum Gasteiger partial charge on any atom is -0.454 e. The number of aromatic nitrogens is 1. The molecular formula is C29H33N3O5. The van der Waals surface area contributed by atoms with Gasteiger partial charge in [-0.15, -0.1) is 0 Å². The number of hydrogen-bond acceptors (Lipinski definition) is 5. The minimum absolute atomic E-state index is 0.0102. The van der Waals surface area contributed by atoms with Crippen LogP contribution in [0.3, 0.4) is 0 Å². The van der Waals surface area contributed by atoms with E-state index in [0.29, 0.717) is 24.8 Å². The monoisotopic (exact) mass is 503 g/mol. The van der Waals surface area contributed by atoms with Crippen molar-refractivity contribution in [1.29, 1.82) is 0 Å². The van der Waals surface area contributed by atoms with Gasteiger partial charge in [-0.1, -0.05) is 6.07 Å². The van der Waals surface area contributed by atoms with E-state index in [1.807, 2.05) is 57.2 Å². The van der Waals surface area contributed by atoms with Gasteiger partial charge < -0.3 is 29.4 Å². The molecule has 0 bridgehead atoms. The molecule has 3 heterocycles. The Balaban J connectivity index is 1.12. The van der Waals surface area contributed by atoms with Gasteiger partial charge in [0.2, 0.25) is 12.7 Å². The maximum atomic E-state index is 13.3. The number of fused-ring (bicyclic) bond motifs is 2. The van der Waals surface area contributed by atoms with E-state index < -0.39 is 11.0 Å². The number of likely N-dealkylation sites (tertiary alicyclic amines) is 1. The van der Waals surface area contributed by atoms with Crippen LogP contribution in [0.1, 0.15) is 63.6 Å². The highest BCUT2D eigenvalue weighted by molar-refractivity contribution is 6.02. The predicted octanol–water partition coefficient (Wildman–Crippen LogP) is 5.68. The van der Waals surface area contributed by atoms with E-state index in [1.165, 1.54) is 5.69 Å². The fourth-order valence-electron chi connectivity index (χ4n) is 5.37. The third kappa shape index (κ3) is 4.61. The second-order valence-corrected chi connectivity index (χ2v) is 11.4. The number of piperidine rings is 1. The molecule has 0 spiro atoms. The first kappa shape index (κ1) is 23.7. The van der Waals surface area contributed by atoms with Crippen molar-refractivity contribution in [3.05, 3.63) is 53.7 Å². The number of amides is 2. The molecule has 2 aromatic carbocycles. The van der Waals surface area contributed by atoms with E-state index in [0.717, 1.165) is 53.6 Å². The number of nitrogens with one attached hydrogen (secondary N) is 2. The number of ether oxygens (including phenoxy) is 3. The second kappa shape index (κ2) is 8.71. The average molecular weight is 504 g/mol. The smallest absolute Gasteiger partial charge is 0.410 e. The number of carbonyl (C=O) groups is 2. The summed E-state index contributed by atoms with van der Waals surface area (Å²) in [5.41, 5.74) is 2.97. The molecule has 0 atom stereocenters. The number of rotatable bonds is 4. The van der Waals surface area contributed by atoms with Crippen molar-refractivity contribution in [2.45, 2.75) is 63.4 Å². The molecule has 1 saturated heterocycles. The van der Waals surface area contributed by atoms with Crippen molar-refractivity contribution in [1.82, 2.24) is 9.88 Å². The van der Waals surface area contributed by atoms with Gasteiger partial charge in [0.05, 0.1) is 5.41 Å². The number of anilines is 1. The fourth-order valence-corrected chi connectivity index (χ4v) is 5.37. The first-order chi connectivity index (χ1) is 17.7. The zero-order valence-electron chi connectivity index (χ0n) is 21.6.